The van der Waals surface area contributed by atoms with E-state index in [1.807, 2.05) is 13.8 Å². The third kappa shape index (κ3) is 2.06. The van der Waals surface area contributed by atoms with Gasteiger partial charge in [0.1, 0.15) is 19.0 Å². The Hall–Kier alpha value is -1.65. The van der Waals surface area contributed by atoms with Crippen molar-refractivity contribution in [3.8, 4) is 5.75 Å². The summed E-state index contributed by atoms with van der Waals surface area (Å²) in [5.41, 5.74) is 6.67. The molecular weight excluding hydrogens is 191 g/mol. The largest absolute Gasteiger partial charge is 0.496 e. The van der Waals surface area contributed by atoms with Gasteiger partial charge in [-0.15, -0.1) is 0 Å². The minimum atomic E-state index is 0.312. The van der Waals surface area contributed by atoms with Gasteiger partial charge in [0, 0.05) is 0 Å². The number of aromatic nitrogens is 1. The molecule has 0 fully saturated rings. The molecule has 0 aliphatic rings. The summed E-state index contributed by atoms with van der Waals surface area (Å²) >= 11 is 0. The van der Waals surface area contributed by atoms with Crippen molar-refractivity contribution in [2.75, 3.05) is 12.8 Å². The Morgan fingerprint density at radius 3 is 2.67 bits per heavy atom. The fourth-order valence-electron chi connectivity index (χ4n) is 1.24. The van der Waals surface area contributed by atoms with Gasteiger partial charge in [-0.1, -0.05) is 24.5 Å². The van der Waals surface area contributed by atoms with Crippen LogP contribution in [-0.2, 0) is 0 Å². The summed E-state index contributed by atoms with van der Waals surface area (Å²) < 4.78 is 10.0. The molecular formula is C10H13BN2O2. The molecule has 0 saturated heterocycles. The van der Waals surface area contributed by atoms with E-state index in [2.05, 4.69) is 5.16 Å². The average Bonchev–Trinajstić information content (AvgIpc) is 2.62. The van der Waals surface area contributed by atoms with Crippen LogP contribution in [0.5, 0.6) is 5.75 Å². The molecule has 0 spiro atoms. The van der Waals surface area contributed by atoms with Crippen LogP contribution in [0.1, 0.15) is 13.8 Å². The zero-order valence-corrected chi connectivity index (χ0v) is 9.07. The van der Waals surface area contributed by atoms with Crippen LogP contribution < -0.4 is 15.9 Å². The lowest BCUT2D eigenvalue weighted by Crippen LogP contribution is -2.02. The Bertz CT molecular complexity index is 454. The number of methoxy groups -OCH3 is 1. The summed E-state index contributed by atoms with van der Waals surface area (Å²) in [5.74, 6) is 0.889. The molecule has 0 aliphatic carbocycles. The Labute approximate surface area is 89.8 Å². The van der Waals surface area contributed by atoms with Gasteiger partial charge in [0.15, 0.2) is 11.4 Å². The lowest BCUT2D eigenvalue weighted by Gasteiger charge is -2.01. The molecule has 0 saturated carbocycles. The first-order valence-electron chi connectivity index (χ1n) is 4.70. The van der Waals surface area contributed by atoms with Gasteiger partial charge in [-0.05, 0) is 12.1 Å². The first-order valence-corrected chi connectivity index (χ1v) is 4.70. The summed E-state index contributed by atoms with van der Waals surface area (Å²) in [6.07, 6.45) is 0. The molecule has 0 amide bonds. The van der Waals surface area contributed by atoms with Gasteiger partial charge >= 0.3 is 0 Å². The summed E-state index contributed by atoms with van der Waals surface area (Å²) in [7, 11) is 7.14. The highest BCUT2D eigenvalue weighted by molar-refractivity contribution is 6.33. The van der Waals surface area contributed by atoms with Gasteiger partial charge in [-0.2, -0.15) is 0 Å². The van der Waals surface area contributed by atoms with Gasteiger partial charge in [0.05, 0.1) is 7.11 Å². The van der Waals surface area contributed by atoms with Crippen molar-refractivity contribution in [1.82, 2.24) is 5.16 Å². The monoisotopic (exact) mass is 204 g/mol. The third-order valence-corrected chi connectivity index (χ3v) is 1.81. The number of hydrogen-bond acceptors (Lipinski definition) is 4. The predicted molar refractivity (Wildman–Crippen MR) is 61.7 cm³/mol. The maximum Gasteiger partial charge on any atom is 0.178 e. The summed E-state index contributed by atoms with van der Waals surface area (Å²) in [6, 6.07) is 3.33. The van der Waals surface area contributed by atoms with E-state index in [0.29, 0.717) is 28.0 Å². The zero-order valence-electron chi connectivity index (χ0n) is 9.07. The first kappa shape index (κ1) is 11.4. The number of hydrogen-bond donors (Lipinski definition) is 1. The molecule has 78 valence electrons. The number of nitrogens with two attached hydrogens (primary N) is 1. The van der Waals surface area contributed by atoms with Gasteiger partial charge in [-0.25, -0.2) is 0 Å². The number of ether oxygens (including phenoxy) is 1. The molecule has 2 radical (unpaired) electrons. The second kappa shape index (κ2) is 4.73. The SMILES string of the molecule is CC.[B]c1cc(OC)c2c(N)noc2c1. The van der Waals surface area contributed by atoms with E-state index in [1.165, 1.54) is 0 Å². The highest BCUT2D eigenvalue weighted by Gasteiger charge is 2.10. The van der Waals surface area contributed by atoms with E-state index in [1.54, 1.807) is 19.2 Å². The average molecular weight is 204 g/mol. The molecule has 1 aromatic carbocycles. The molecule has 0 unspecified atom stereocenters. The van der Waals surface area contributed by atoms with Gasteiger partial charge in [0.25, 0.3) is 0 Å². The molecule has 1 heterocycles. The van der Waals surface area contributed by atoms with Crippen LogP contribution in [0.15, 0.2) is 16.7 Å². The molecule has 0 aliphatic heterocycles. The van der Waals surface area contributed by atoms with Crippen molar-refractivity contribution in [2.24, 2.45) is 0 Å². The Morgan fingerprint density at radius 2 is 2.07 bits per heavy atom. The third-order valence-electron chi connectivity index (χ3n) is 1.81. The summed E-state index contributed by atoms with van der Waals surface area (Å²) in [5, 5.41) is 4.28. The van der Waals surface area contributed by atoms with Gasteiger partial charge < -0.3 is 15.0 Å². The topological polar surface area (TPSA) is 61.3 Å². The van der Waals surface area contributed by atoms with Gasteiger partial charge in [0.2, 0.25) is 0 Å². The summed E-state index contributed by atoms with van der Waals surface area (Å²) in [6.45, 7) is 4.00. The molecule has 1 aromatic heterocycles. The number of nitrogen functional groups attached to an aromatic ring is 1. The first-order chi connectivity index (χ1) is 7.22. The van der Waals surface area contributed by atoms with Crippen molar-refractivity contribution in [3.05, 3.63) is 12.1 Å². The lowest BCUT2D eigenvalue weighted by molar-refractivity contribution is 0.419. The second-order valence-electron chi connectivity index (χ2n) is 2.66. The van der Waals surface area contributed by atoms with Crippen LogP contribution >= 0.6 is 0 Å². The van der Waals surface area contributed by atoms with E-state index in [9.17, 15) is 0 Å². The minimum Gasteiger partial charge on any atom is -0.496 e. The normalized spacial score (nSPS) is 9.53. The Balaban J connectivity index is 0.000000531. The van der Waals surface area contributed by atoms with Crippen molar-refractivity contribution >= 4 is 30.1 Å². The molecule has 4 nitrogen and oxygen atoms in total. The lowest BCUT2D eigenvalue weighted by atomic mass is 9.95. The van der Waals surface area contributed by atoms with Crippen LogP contribution in [0.3, 0.4) is 0 Å². The molecule has 2 aromatic rings. The van der Waals surface area contributed by atoms with Crippen LogP contribution in [0.25, 0.3) is 11.0 Å². The number of anilines is 1. The Kier molecular flexibility index (Phi) is 3.60. The standard InChI is InChI=1S/C8H7BN2O2.C2H6/c1-12-5-2-4(9)3-6-7(5)8(10)11-13-6;1-2/h2-3H,1H3,(H2,10,11);1-2H3. The molecule has 0 bridgehead atoms. The van der Waals surface area contributed by atoms with E-state index >= 15 is 0 Å². The highest BCUT2D eigenvalue weighted by atomic mass is 16.5. The maximum atomic E-state index is 5.60. The molecule has 2 N–H and O–H groups in total. The predicted octanol–water partition coefficient (Wildman–Crippen LogP) is 1.24. The van der Waals surface area contributed by atoms with Gasteiger partial charge in [-0.3, -0.25) is 0 Å². The Morgan fingerprint density at radius 1 is 1.40 bits per heavy atom. The second-order valence-corrected chi connectivity index (χ2v) is 2.66. The smallest absolute Gasteiger partial charge is 0.178 e. The van der Waals surface area contributed by atoms with Crippen molar-refractivity contribution in [3.63, 3.8) is 0 Å². The van der Waals surface area contributed by atoms with Crippen LogP contribution in [0, 0.1) is 0 Å². The van der Waals surface area contributed by atoms with Crippen LogP contribution in [0.4, 0.5) is 5.82 Å². The molecule has 15 heavy (non-hydrogen) atoms. The highest BCUT2D eigenvalue weighted by Crippen LogP contribution is 2.28. The molecule has 5 heteroatoms. The quantitative estimate of drug-likeness (QED) is 0.709. The number of rotatable bonds is 1. The van der Waals surface area contributed by atoms with Crippen molar-refractivity contribution in [2.45, 2.75) is 13.8 Å². The van der Waals surface area contributed by atoms with Crippen LogP contribution in [-0.4, -0.2) is 20.1 Å². The fraction of sp³-hybridized carbons (Fsp3) is 0.300. The zero-order chi connectivity index (χ0) is 11.4. The minimum absolute atomic E-state index is 0.312. The number of benzene rings is 1. The van der Waals surface area contributed by atoms with Crippen molar-refractivity contribution in [1.29, 1.82) is 0 Å². The van der Waals surface area contributed by atoms with Crippen molar-refractivity contribution < 1.29 is 9.26 Å². The fourth-order valence-corrected chi connectivity index (χ4v) is 1.24. The van der Waals surface area contributed by atoms with E-state index < -0.39 is 0 Å². The maximum absolute atomic E-state index is 5.60. The van der Waals surface area contributed by atoms with Crippen LogP contribution in [0.2, 0.25) is 0 Å². The molecule has 0 atom stereocenters. The van der Waals surface area contributed by atoms with E-state index in [0.717, 1.165) is 0 Å². The number of fused-ring (bicyclic) bond motifs is 1. The summed E-state index contributed by atoms with van der Waals surface area (Å²) in [4.78, 5) is 0. The molecule has 2 rings (SSSR count). The van der Waals surface area contributed by atoms with E-state index in [-0.39, 0.29) is 0 Å². The van der Waals surface area contributed by atoms with E-state index in [4.69, 9.17) is 22.8 Å². The number of nitrogens with zero attached hydrogens (tertiary/aromatic N) is 1.